The van der Waals surface area contributed by atoms with Crippen LogP contribution in [0.5, 0.6) is 0 Å². The van der Waals surface area contributed by atoms with E-state index >= 15 is 0 Å². The van der Waals surface area contributed by atoms with Gasteiger partial charge in [-0.2, -0.15) is 0 Å². The van der Waals surface area contributed by atoms with E-state index < -0.39 is 0 Å². The molecular formula is C24H21FN4O2S2. The Balaban J connectivity index is 1.33. The normalized spacial score (nSPS) is 10.7. The molecule has 0 aliphatic rings. The van der Waals surface area contributed by atoms with E-state index in [9.17, 15) is 14.0 Å². The standard InChI is InChI=1S/C24H21FN4O2S2/c1-2-15-3-7-18(8-4-15)27-23(31)28-19-11-12-20-21(13-19)33-24(29-20)32-14-22(30)26-17-9-5-16(25)6-10-17/h3-13H,2,14H2,1H3,(H,26,30)(H2,27,28,31). The first-order valence-electron chi connectivity index (χ1n) is 10.2. The maximum atomic E-state index is 13.0. The average molecular weight is 481 g/mol. The number of carbonyl (C=O) groups is 2. The lowest BCUT2D eigenvalue weighted by atomic mass is 10.1. The summed E-state index contributed by atoms with van der Waals surface area (Å²) in [6.07, 6.45) is 0.945. The highest BCUT2D eigenvalue weighted by Gasteiger charge is 2.10. The molecule has 33 heavy (non-hydrogen) atoms. The molecule has 6 nitrogen and oxygen atoms in total. The Labute approximate surface area is 198 Å². The van der Waals surface area contributed by atoms with Gasteiger partial charge in [0.05, 0.1) is 16.0 Å². The Bertz CT molecular complexity index is 1270. The van der Waals surface area contributed by atoms with Crippen molar-refractivity contribution in [1.82, 2.24) is 4.98 Å². The number of halogens is 1. The number of hydrogen-bond acceptors (Lipinski definition) is 5. The molecule has 0 saturated carbocycles. The molecule has 0 aliphatic carbocycles. The van der Waals surface area contributed by atoms with E-state index in [2.05, 4.69) is 27.9 Å². The van der Waals surface area contributed by atoms with Gasteiger partial charge in [0, 0.05) is 17.1 Å². The van der Waals surface area contributed by atoms with Gasteiger partial charge in [-0.05, 0) is 66.6 Å². The molecule has 0 bridgehead atoms. The highest BCUT2D eigenvalue weighted by molar-refractivity contribution is 8.01. The molecule has 9 heteroatoms. The van der Waals surface area contributed by atoms with Crippen molar-refractivity contribution >= 4 is 62.3 Å². The number of amides is 3. The van der Waals surface area contributed by atoms with E-state index in [0.29, 0.717) is 11.4 Å². The number of thioether (sulfide) groups is 1. The second kappa shape index (κ2) is 10.5. The Kier molecular flexibility index (Phi) is 7.21. The Morgan fingerprint density at radius 1 is 0.909 bits per heavy atom. The average Bonchev–Trinajstić information content (AvgIpc) is 3.22. The van der Waals surface area contributed by atoms with E-state index in [1.807, 2.05) is 36.4 Å². The molecule has 0 aliphatic heterocycles. The minimum atomic E-state index is -0.353. The van der Waals surface area contributed by atoms with Gasteiger partial charge >= 0.3 is 6.03 Å². The van der Waals surface area contributed by atoms with Crippen molar-refractivity contribution in [3.63, 3.8) is 0 Å². The zero-order valence-electron chi connectivity index (χ0n) is 17.7. The van der Waals surface area contributed by atoms with Gasteiger partial charge in [0.15, 0.2) is 4.34 Å². The molecule has 0 fully saturated rings. The van der Waals surface area contributed by atoms with Crippen LogP contribution in [0.2, 0.25) is 0 Å². The van der Waals surface area contributed by atoms with Crippen LogP contribution in [0.15, 0.2) is 71.1 Å². The molecule has 1 heterocycles. The fraction of sp³-hybridized carbons (Fsp3) is 0.125. The molecule has 0 unspecified atom stereocenters. The van der Waals surface area contributed by atoms with Gasteiger partial charge in [0.25, 0.3) is 0 Å². The summed E-state index contributed by atoms with van der Waals surface area (Å²) in [7, 11) is 0. The fourth-order valence-corrected chi connectivity index (χ4v) is 4.93. The van der Waals surface area contributed by atoms with Crippen LogP contribution in [0.1, 0.15) is 12.5 Å². The lowest BCUT2D eigenvalue weighted by molar-refractivity contribution is -0.113. The van der Waals surface area contributed by atoms with Crippen LogP contribution < -0.4 is 16.0 Å². The Hall–Kier alpha value is -3.43. The molecule has 0 atom stereocenters. The number of aromatic nitrogens is 1. The van der Waals surface area contributed by atoms with Gasteiger partial charge in [-0.1, -0.05) is 30.8 Å². The van der Waals surface area contributed by atoms with E-state index in [1.165, 1.54) is 52.9 Å². The summed E-state index contributed by atoms with van der Waals surface area (Å²) in [5.74, 6) is -0.368. The van der Waals surface area contributed by atoms with Gasteiger partial charge in [-0.25, -0.2) is 14.2 Å². The summed E-state index contributed by atoms with van der Waals surface area (Å²) in [5, 5.41) is 8.38. The summed E-state index contributed by atoms with van der Waals surface area (Å²) < 4.78 is 14.6. The highest BCUT2D eigenvalue weighted by atomic mass is 32.2. The smallest absolute Gasteiger partial charge is 0.323 e. The lowest BCUT2D eigenvalue weighted by Crippen LogP contribution is -2.19. The quantitative estimate of drug-likeness (QED) is 0.268. The number of anilines is 3. The fourth-order valence-electron chi connectivity index (χ4n) is 3.02. The zero-order chi connectivity index (χ0) is 23.2. The van der Waals surface area contributed by atoms with Gasteiger partial charge < -0.3 is 16.0 Å². The number of urea groups is 1. The van der Waals surface area contributed by atoms with Crippen LogP contribution in [0, 0.1) is 5.82 Å². The van der Waals surface area contributed by atoms with Gasteiger partial charge in [-0.3, -0.25) is 4.79 Å². The lowest BCUT2D eigenvalue weighted by Gasteiger charge is -2.08. The number of hydrogen-bond donors (Lipinski definition) is 3. The van der Waals surface area contributed by atoms with Gasteiger partial charge in [-0.15, -0.1) is 11.3 Å². The van der Waals surface area contributed by atoms with Gasteiger partial charge in [0.2, 0.25) is 5.91 Å². The number of aryl methyl sites for hydroxylation is 1. The number of thiazole rings is 1. The monoisotopic (exact) mass is 480 g/mol. The molecule has 0 radical (unpaired) electrons. The predicted molar refractivity (Wildman–Crippen MR) is 134 cm³/mol. The van der Waals surface area contributed by atoms with Crippen molar-refractivity contribution in [2.45, 2.75) is 17.7 Å². The minimum absolute atomic E-state index is 0.182. The summed E-state index contributed by atoms with van der Waals surface area (Å²) in [6.45, 7) is 2.08. The molecule has 1 aromatic heterocycles. The minimum Gasteiger partial charge on any atom is -0.325 e. The first-order valence-corrected chi connectivity index (χ1v) is 12.0. The Morgan fingerprint density at radius 3 is 2.27 bits per heavy atom. The third-order valence-corrected chi connectivity index (χ3v) is 6.86. The van der Waals surface area contributed by atoms with Crippen molar-refractivity contribution in [2.75, 3.05) is 21.7 Å². The van der Waals surface area contributed by atoms with E-state index in [0.717, 1.165) is 26.7 Å². The molecule has 168 valence electrons. The van der Waals surface area contributed by atoms with Crippen LogP contribution in [0.25, 0.3) is 10.2 Å². The predicted octanol–water partition coefficient (Wildman–Crippen LogP) is 6.37. The number of nitrogens with zero attached hydrogens (tertiary/aromatic N) is 1. The van der Waals surface area contributed by atoms with Crippen molar-refractivity contribution in [1.29, 1.82) is 0 Å². The van der Waals surface area contributed by atoms with Crippen LogP contribution in [-0.2, 0) is 11.2 Å². The first-order chi connectivity index (χ1) is 16.0. The maximum absolute atomic E-state index is 13.0. The first kappa shape index (κ1) is 22.8. The maximum Gasteiger partial charge on any atom is 0.323 e. The molecular weight excluding hydrogens is 459 g/mol. The van der Waals surface area contributed by atoms with E-state index in [-0.39, 0.29) is 23.5 Å². The number of carbonyl (C=O) groups excluding carboxylic acids is 2. The Morgan fingerprint density at radius 2 is 1.55 bits per heavy atom. The molecule has 3 amide bonds. The molecule has 0 spiro atoms. The summed E-state index contributed by atoms with van der Waals surface area (Å²) in [6, 6.07) is 18.5. The van der Waals surface area contributed by atoms with Crippen molar-refractivity contribution < 1.29 is 14.0 Å². The van der Waals surface area contributed by atoms with Crippen LogP contribution in [-0.4, -0.2) is 22.7 Å². The van der Waals surface area contributed by atoms with Gasteiger partial charge in [0.1, 0.15) is 5.82 Å². The number of fused-ring (bicyclic) bond motifs is 1. The number of rotatable bonds is 7. The van der Waals surface area contributed by atoms with E-state index in [4.69, 9.17) is 0 Å². The highest BCUT2D eigenvalue weighted by Crippen LogP contribution is 2.31. The molecule has 3 aromatic carbocycles. The largest absolute Gasteiger partial charge is 0.325 e. The molecule has 0 saturated heterocycles. The number of nitrogens with one attached hydrogen (secondary N) is 3. The summed E-state index contributed by atoms with van der Waals surface area (Å²) in [4.78, 5) is 29.0. The third-order valence-electron chi connectivity index (χ3n) is 4.70. The molecule has 3 N–H and O–H groups in total. The van der Waals surface area contributed by atoms with Crippen molar-refractivity contribution in [3.05, 3.63) is 78.1 Å². The summed E-state index contributed by atoms with van der Waals surface area (Å²) in [5.41, 5.74) is 3.92. The van der Waals surface area contributed by atoms with Crippen LogP contribution in [0.3, 0.4) is 0 Å². The molecule has 4 rings (SSSR count). The number of benzene rings is 3. The van der Waals surface area contributed by atoms with Crippen LogP contribution >= 0.6 is 23.1 Å². The van der Waals surface area contributed by atoms with E-state index in [1.54, 1.807) is 6.07 Å². The zero-order valence-corrected chi connectivity index (χ0v) is 19.4. The van der Waals surface area contributed by atoms with Crippen LogP contribution in [0.4, 0.5) is 26.2 Å². The van der Waals surface area contributed by atoms with Crippen molar-refractivity contribution in [3.8, 4) is 0 Å². The SMILES string of the molecule is CCc1ccc(NC(=O)Nc2ccc3nc(SCC(=O)Nc4ccc(F)cc4)sc3c2)cc1. The summed E-state index contributed by atoms with van der Waals surface area (Å²) >= 11 is 2.77. The second-order valence-electron chi connectivity index (χ2n) is 7.14. The molecule has 4 aromatic rings. The topological polar surface area (TPSA) is 83.1 Å². The second-order valence-corrected chi connectivity index (χ2v) is 9.39. The third kappa shape index (κ3) is 6.30. The van der Waals surface area contributed by atoms with Crippen molar-refractivity contribution in [2.24, 2.45) is 0 Å².